The second kappa shape index (κ2) is 3.69. The fourth-order valence-electron chi connectivity index (χ4n) is 1.94. The minimum atomic E-state index is -0.112. The van der Waals surface area contributed by atoms with E-state index in [1.54, 1.807) is 0 Å². The van der Waals surface area contributed by atoms with Gasteiger partial charge in [0.25, 0.3) is 5.56 Å². The molecule has 0 bridgehead atoms. The maximum atomic E-state index is 11.0. The summed E-state index contributed by atoms with van der Waals surface area (Å²) in [7, 11) is 0. The summed E-state index contributed by atoms with van der Waals surface area (Å²) in [6.07, 6.45) is 5.49. The van der Waals surface area contributed by atoms with Crippen molar-refractivity contribution in [3.63, 3.8) is 0 Å². The molecular formula is C10H14N2OS. The second-order valence-electron chi connectivity index (χ2n) is 3.87. The molecule has 0 aromatic carbocycles. The van der Waals surface area contributed by atoms with Crippen LogP contribution in [-0.4, -0.2) is 9.55 Å². The van der Waals surface area contributed by atoms with E-state index in [4.69, 9.17) is 12.2 Å². The minimum absolute atomic E-state index is 0.112. The molecule has 2 unspecified atom stereocenters. The first kappa shape index (κ1) is 9.65. The summed E-state index contributed by atoms with van der Waals surface area (Å²) in [5.74, 6) is 0.762. The highest BCUT2D eigenvalue weighted by molar-refractivity contribution is 7.71. The molecule has 0 radical (unpaired) electrons. The lowest BCUT2D eigenvalue weighted by atomic mass is 10.2. The third-order valence-electron chi connectivity index (χ3n) is 2.75. The maximum Gasteiger partial charge on any atom is 0.251 e. The summed E-state index contributed by atoms with van der Waals surface area (Å²) >= 11 is 5.10. The Morgan fingerprint density at radius 2 is 2.50 bits per heavy atom. The Kier molecular flexibility index (Phi) is 2.54. The normalized spacial score (nSPS) is 24.9. The monoisotopic (exact) mass is 210 g/mol. The van der Waals surface area contributed by atoms with Crippen molar-refractivity contribution in [2.45, 2.75) is 32.2 Å². The Balaban J connectivity index is 2.19. The Morgan fingerprint density at radius 1 is 1.71 bits per heavy atom. The second-order valence-corrected chi connectivity index (χ2v) is 4.26. The Morgan fingerprint density at radius 3 is 3.14 bits per heavy atom. The zero-order valence-electron chi connectivity index (χ0n) is 8.19. The molecule has 4 heteroatoms. The predicted molar refractivity (Wildman–Crippen MR) is 57.9 cm³/mol. The van der Waals surface area contributed by atoms with E-state index in [-0.39, 0.29) is 5.56 Å². The van der Waals surface area contributed by atoms with E-state index in [1.807, 2.05) is 10.8 Å². The number of rotatable bonds is 3. The van der Waals surface area contributed by atoms with Crippen LogP contribution in [0.15, 0.2) is 17.1 Å². The molecule has 14 heavy (non-hydrogen) atoms. The van der Waals surface area contributed by atoms with Crippen LogP contribution in [0.3, 0.4) is 0 Å². The van der Waals surface area contributed by atoms with Crippen molar-refractivity contribution in [3.05, 3.63) is 27.4 Å². The lowest BCUT2D eigenvalue weighted by Crippen LogP contribution is -2.10. The largest absolute Gasteiger partial charge is 0.322 e. The standard InChI is InChI=1S/C10H14N2OS/c1-2-3-7-6-8(7)12-5-4-9(13)11-10(12)14/h4-5,7-8H,2-3,6H2,1H3,(H,11,13,14). The van der Waals surface area contributed by atoms with Crippen LogP contribution in [0, 0.1) is 10.7 Å². The molecule has 1 saturated carbocycles. The Bertz CT molecular complexity index is 434. The van der Waals surface area contributed by atoms with Gasteiger partial charge >= 0.3 is 0 Å². The lowest BCUT2D eigenvalue weighted by Gasteiger charge is -2.04. The van der Waals surface area contributed by atoms with Crippen molar-refractivity contribution in [3.8, 4) is 0 Å². The van der Waals surface area contributed by atoms with Gasteiger partial charge in [0.1, 0.15) is 0 Å². The number of aromatic nitrogens is 2. The summed E-state index contributed by atoms with van der Waals surface area (Å²) < 4.78 is 2.57. The molecule has 0 spiro atoms. The van der Waals surface area contributed by atoms with Gasteiger partial charge in [-0.3, -0.25) is 9.78 Å². The average molecular weight is 210 g/mol. The van der Waals surface area contributed by atoms with Crippen LogP contribution in [0.2, 0.25) is 0 Å². The molecular weight excluding hydrogens is 196 g/mol. The number of H-pyrrole nitrogens is 1. The van der Waals surface area contributed by atoms with Gasteiger partial charge < -0.3 is 4.57 Å². The molecule has 1 aromatic heterocycles. The molecule has 2 atom stereocenters. The van der Waals surface area contributed by atoms with Gasteiger partial charge in [-0.2, -0.15) is 0 Å². The average Bonchev–Trinajstić information content (AvgIpc) is 2.84. The third kappa shape index (κ3) is 1.80. The van der Waals surface area contributed by atoms with Crippen LogP contribution in [-0.2, 0) is 0 Å². The highest BCUT2D eigenvalue weighted by atomic mass is 32.1. The van der Waals surface area contributed by atoms with Crippen molar-refractivity contribution >= 4 is 12.2 Å². The van der Waals surface area contributed by atoms with Crippen LogP contribution >= 0.6 is 12.2 Å². The van der Waals surface area contributed by atoms with Crippen LogP contribution < -0.4 is 5.56 Å². The van der Waals surface area contributed by atoms with Crippen molar-refractivity contribution in [2.24, 2.45) is 5.92 Å². The molecule has 1 fully saturated rings. The Hall–Kier alpha value is -0.900. The van der Waals surface area contributed by atoms with Gasteiger partial charge in [0.2, 0.25) is 0 Å². The van der Waals surface area contributed by atoms with Crippen LogP contribution in [0.5, 0.6) is 0 Å². The van der Waals surface area contributed by atoms with Gasteiger partial charge in [-0.05, 0) is 31.0 Å². The third-order valence-corrected chi connectivity index (χ3v) is 3.07. The first-order valence-electron chi connectivity index (χ1n) is 5.04. The van der Waals surface area contributed by atoms with E-state index in [0.29, 0.717) is 10.8 Å². The fourth-order valence-corrected chi connectivity index (χ4v) is 2.24. The number of aromatic amines is 1. The molecule has 0 saturated heterocycles. The summed E-state index contributed by atoms with van der Waals surface area (Å²) in [6, 6.07) is 2.07. The van der Waals surface area contributed by atoms with Crippen molar-refractivity contribution in [1.82, 2.24) is 9.55 Å². The molecule has 1 N–H and O–H groups in total. The van der Waals surface area contributed by atoms with E-state index >= 15 is 0 Å². The highest BCUT2D eigenvalue weighted by Crippen LogP contribution is 2.46. The highest BCUT2D eigenvalue weighted by Gasteiger charge is 2.37. The number of hydrogen-bond acceptors (Lipinski definition) is 2. The Labute approximate surface area is 87.8 Å². The first-order chi connectivity index (χ1) is 6.72. The quantitative estimate of drug-likeness (QED) is 0.777. The number of hydrogen-bond donors (Lipinski definition) is 1. The topological polar surface area (TPSA) is 37.8 Å². The fraction of sp³-hybridized carbons (Fsp3) is 0.600. The van der Waals surface area contributed by atoms with E-state index in [9.17, 15) is 4.79 Å². The minimum Gasteiger partial charge on any atom is -0.322 e. The van der Waals surface area contributed by atoms with Crippen molar-refractivity contribution < 1.29 is 0 Å². The number of nitrogens with zero attached hydrogens (tertiary/aromatic N) is 1. The van der Waals surface area contributed by atoms with Gasteiger partial charge in [0.15, 0.2) is 4.77 Å². The summed E-state index contributed by atoms with van der Waals surface area (Å²) in [6.45, 7) is 2.20. The molecule has 76 valence electrons. The molecule has 1 heterocycles. The zero-order chi connectivity index (χ0) is 10.1. The van der Waals surface area contributed by atoms with Gasteiger partial charge in [-0.25, -0.2) is 0 Å². The van der Waals surface area contributed by atoms with E-state index in [2.05, 4.69) is 11.9 Å². The van der Waals surface area contributed by atoms with Gasteiger partial charge in [0.05, 0.1) is 0 Å². The van der Waals surface area contributed by atoms with E-state index < -0.39 is 0 Å². The van der Waals surface area contributed by atoms with Gasteiger partial charge in [-0.15, -0.1) is 0 Å². The molecule has 0 amide bonds. The zero-order valence-corrected chi connectivity index (χ0v) is 9.01. The summed E-state index contributed by atoms with van der Waals surface area (Å²) in [5.41, 5.74) is -0.112. The van der Waals surface area contributed by atoms with Gasteiger partial charge in [0, 0.05) is 18.3 Å². The molecule has 1 aliphatic rings. The SMILES string of the molecule is CCCC1CC1n1ccc(=O)[nH]c1=S. The molecule has 3 nitrogen and oxygen atoms in total. The summed E-state index contributed by atoms with van der Waals surface area (Å²) in [5, 5.41) is 0. The van der Waals surface area contributed by atoms with Crippen molar-refractivity contribution in [2.75, 3.05) is 0 Å². The van der Waals surface area contributed by atoms with E-state index in [1.165, 1.54) is 25.3 Å². The van der Waals surface area contributed by atoms with Crippen LogP contribution in [0.4, 0.5) is 0 Å². The lowest BCUT2D eigenvalue weighted by molar-refractivity contribution is 0.592. The molecule has 1 aliphatic carbocycles. The molecule has 2 rings (SSSR count). The first-order valence-corrected chi connectivity index (χ1v) is 5.44. The number of nitrogens with one attached hydrogen (secondary N) is 1. The smallest absolute Gasteiger partial charge is 0.251 e. The predicted octanol–water partition coefficient (Wildman–Crippen LogP) is 2.27. The van der Waals surface area contributed by atoms with Crippen LogP contribution in [0.1, 0.15) is 32.2 Å². The van der Waals surface area contributed by atoms with E-state index in [0.717, 1.165) is 5.92 Å². The van der Waals surface area contributed by atoms with Crippen molar-refractivity contribution in [1.29, 1.82) is 0 Å². The summed E-state index contributed by atoms with van der Waals surface area (Å²) in [4.78, 5) is 13.6. The molecule has 1 aromatic rings. The molecule has 0 aliphatic heterocycles. The van der Waals surface area contributed by atoms with Gasteiger partial charge in [-0.1, -0.05) is 13.3 Å². The van der Waals surface area contributed by atoms with Crippen LogP contribution in [0.25, 0.3) is 0 Å². The maximum absolute atomic E-state index is 11.0.